The summed E-state index contributed by atoms with van der Waals surface area (Å²) in [6.07, 6.45) is 1.53. The van der Waals surface area contributed by atoms with Gasteiger partial charge in [-0.1, -0.05) is 11.6 Å². The highest BCUT2D eigenvalue weighted by molar-refractivity contribution is 9.10. The van der Waals surface area contributed by atoms with Crippen molar-refractivity contribution in [3.05, 3.63) is 72.8 Å². The number of non-ortho nitro benzene ring substituents is 1. The summed E-state index contributed by atoms with van der Waals surface area (Å²) in [7, 11) is 0. The Morgan fingerprint density at radius 2 is 1.97 bits per heavy atom. The van der Waals surface area contributed by atoms with E-state index in [-0.39, 0.29) is 24.5 Å². The second-order valence-electron chi connectivity index (χ2n) is 6.06. The van der Waals surface area contributed by atoms with Crippen molar-refractivity contribution in [3.8, 4) is 5.75 Å². The summed E-state index contributed by atoms with van der Waals surface area (Å²) in [5.41, 5.74) is 1.51. The molecule has 10 heteroatoms. The van der Waals surface area contributed by atoms with Crippen molar-refractivity contribution >= 4 is 51.2 Å². The molecule has 3 amide bonds. The van der Waals surface area contributed by atoms with E-state index in [0.717, 1.165) is 10.5 Å². The van der Waals surface area contributed by atoms with Gasteiger partial charge in [0.1, 0.15) is 12.3 Å². The van der Waals surface area contributed by atoms with Crippen molar-refractivity contribution in [2.45, 2.75) is 13.5 Å². The molecule has 2 aromatic rings. The van der Waals surface area contributed by atoms with Gasteiger partial charge < -0.3 is 10.1 Å². The fourth-order valence-corrected chi connectivity index (χ4v) is 3.68. The van der Waals surface area contributed by atoms with Crippen LogP contribution in [0.5, 0.6) is 5.75 Å². The molecule has 0 aromatic heterocycles. The van der Waals surface area contributed by atoms with Crippen LogP contribution in [0, 0.1) is 10.1 Å². The highest BCUT2D eigenvalue weighted by Crippen LogP contribution is 2.36. The Balaban J connectivity index is 1.76. The third-order valence-electron chi connectivity index (χ3n) is 4.14. The number of likely N-dealkylation sites (N-methyl/N-ethyl adjacent to an activating group) is 1. The lowest BCUT2D eigenvalue weighted by atomic mass is 10.1. The van der Waals surface area contributed by atoms with Crippen LogP contribution in [0.25, 0.3) is 6.08 Å². The summed E-state index contributed by atoms with van der Waals surface area (Å²) >= 11 is 9.71. The molecule has 1 saturated heterocycles. The number of halogens is 2. The third-order valence-corrected chi connectivity index (χ3v) is 5.01. The van der Waals surface area contributed by atoms with E-state index in [4.69, 9.17) is 16.3 Å². The highest BCUT2D eigenvalue weighted by atomic mass is 79.9. The maximum Gasteiger partial charge on any atom is 0.328 e. The molecule has 0 spiro atoms. The predicted octanol–water partition coefficient (Wildman–Crippen LogP) is 4.50. The number of nitrogens with zero attached hydrogens (tertiary/aromatic N) is 2. The van der Waals surface area contributed by atoms with Gasteiger partial charge in [-0.05, 0) is 64.3 Å². The first-order valence-corrected chi connectivity index (χ1v) is 9.67. The smallest absolute Gasteiger partial charge is 0.328 e. The van der Waals surface area contributed by atoms with Crippen molar-refractivity contribution in [1.29, 1.82) is 0 Å². The van der Waals surface area contributed by atoms with Crippen molar-refractivity contribution < 1.29 is 19.2 Å². The summed E-state index contributed by atoms with van der Waals surface area (Å²) < 4.78 is 6.30. The molecule has 0 atom stereocenters. The molecule has 1 fully saturated rings. The van der Waals surface area contributed by atoms with E-state index in [1.807, 2.05) is 0 Å². The fourth-order valence-electron chi connectivity index (χ4n) is 2.70. The molecule has 1 N–H and O–H groups in total. The molecular formula is C19H15BrClN3O5. The number of carbonyl (C=O) groups excluding carboxylic acids is 2. The predicted molar refractivity (Wildman–Crippen MR) is 110 cm³/mol. The standard InChI is InChI=1S/C19H15BrClN3O5/c1-2-23-18(25)16(22-19(23)26)9-12-7-14(20)17(15(21)8-12)29-10-11-3-5-13(6-4-11)24(27)28/h3-9H,2,10H2,1H3,(H,22,26)/b16-9+. The topological polar surface area (TPSA) is 102 Å². The number of hydrogen-bond acceptors (Lipinski definition) is 5. The first-order chi connectivity index (χ1) is 13.8. The third kappa shape index (κ3) is 4.57. The van der Waals surface area contributed by atoms with Crippen LogP contribution >= 0.6 is 27.5 Å². The molecule has 1 aliphatic rings. The summed E-state index contributed by atoms with van der Waals surface area (Å²) in [5.74, 6) is -0.00705. The molecule has 0 aliphatic carbocycles. The Labute approximate surface area is 179 Å². The summed E-state index contributed by atoms with van der Waals surface area (Å²) in [6.45, 7) is 2.16. The number of rotatable bonds is 6. The molecule has 1 heterocycles. The van der Waals surface area contributed by atoms with E-state index in [9.17, 15) is 19.7 Å². The first kappa shape index (κ1) is 20.8. The van der Waals surface area contributed by atoms with Gasteiger partial charge in [-0.15, -0.1) is 0 Å². The van der Waals surface area contributed by atoms with Crippen LogP contribution in [-0.4, -0.2) is 28.3 Å². The second kappa shape index (κ2) is 8.62. The molecule has 2 aromatic carbocycles. The van der Waals surface area contributed by atoms with Gasteiger partial charge in [-0.2, -0.15) is 0 Å². The highest BCUT2D eigenvalue weighted by Gasteiger charge is 2.32. The molecule has 3 rings (SSSR count). The van der Waals surface area contributed by atoms with Gasteiger partial charge in [0.15, 0.2) is 5.75 Å². The zero-order chi connectivity index (χ0) is 21.1. The van der Waals surface area contributed by atoms with E-state index >= 15 is 0 Å². The largest absolute Gasteiger partial charge is 0.486 e. The molecule has 0 bridgehead atoms. The number of carbonyl (C=O) groups is 2. The lowest BCUT2D eigenvalue weighted by Crippen LogP contribution is -2.30. The van der Waals surface area contributed by atoms with Gasteiger partial charge in [-0.25, -0.2) is 4.79 Å². The summed E-state index contributed by atoms with van der Waals surface area (Å²) in [5, 5.41) is 13.5. The number of amides is 3. The molecular weight excluding hydrogens is 466 g/mol. The van der Waals surface area contributed by atoms with E-state index in [1.165, 1.54) is 18.2 Å². The second-order valence-corrected chi connectivity index (χ2v) is 7.33. The van der Waals surface area contributed by atoms with E-state index < -0.39 is 16.9 Å². The van der Waals surface area contributed by atoms with Gasteiger partial charge in [-0.3, -0.25) is 19.8 Å². The van der Waals surface area contributed by atoms with Crippen molar-refractivity contribution in [2.75, 3.05) is 6.54 Å². The van der Waals surface area contributed by atoms with Crippen LogP contribution in [0.1, 0.15) is 18.1 Å². The van der Waals surface area contributed by atoms with Gasteiger partial charge in [0.2, 0.25) is 0 Å². The molecule has 150 valence electrons. The van der Waals surface area contributed by atoms with Gasteiger partial charge in [0.05, 0.1) is 14.4 Å². The number of ether oxygens (including phenoxy) is 1. The number of nitro groups is 1. The normalized spacial score (nSPS) is 15.0. The zero-order valence-corrected chi connectivity index (χ0v) is 17.5. The molecule has 0 saturated carbocycles. The maximum absolute atomic E-state index is 12.2. The number of hydrogen-bond donors (Lipinski definition) is 1. The molecule has 29 heavy (non-hydrogen) atoms. The average molecular weight is 481 g/mol. The average Bonchev–Trinajstić information content (AvgIpc) is 2.94. The van der Waals surface area contributed by atoms with Crippen molar-refractivity contribution in [2.24, 2.45) is 0 Å². The van der Waals surface area contributed by atoms with E-state index in [0.29, 0.717) is 20.8 Å². The maximum atomic E-state index is 12.2. The SMILES string of the molecule is CCN1C(=O)N/C(=C/c2cc(Cl)c(OCc3ccc([N+](=O)[O-])cc3)c(Br)c2)C1=O. The quantitative estimate of drug-likeness (QED) is 0.284. The van der Waals surface area contributed by atoms with Crippen molar-refractivity contribution in [1.82, 2.24) is 10.2 Å². The molecule has 8 nitrogen and oxygen atoms in total. The Morgan fingerprint density at radius 3 is 2.52 bits per heavy atom. The lowest BCUT2D eigenvalue weighted by Gasteiger charge is -2.11. The zero-order valence-electron chi connectivity index (χ0n) is 15.1. The molecule has 0 unspecified atom stereocenters. The van der Waals surface area contributed by atoms with Crippen molar-refractivity contribution in [3.63, 3.8) is 0 Å². The summed E-state index contributed by atoms with van der Waals surface area (Å²) in [6, 6.07) is 8.86. The number of imide groups is 1. The number of nitro benzene ring substituents is 1. The summed E-state index contributed by atoms with van der Waals surface area (Å²) in [4.78, 5) is 35.3. The van der Waals surface area contributed by atoms with Crippen LogP contribution in [0.3, 0.4) is 0 Å². The molecule has 0 radical (unpaired) electrons. The molecule has 1 aliphatic heterocycles. The Morgan fingerprint density at radius 1 is 1.28 bits per heavy atom. The minimum atomic E-state index is -0.470. The Bertz CT molecular complexity index is 1000. The van der Waals surface area contributed by atoms with Gasteiger partial charge in [0.25, 0.3) is 11.6 Å². The van der Waals surface area contributed by atoms with Crippen LogP contribution in [-0.2, 0) is 11.4 Å². The van der Waals surface area contributed by atoms with Crippen LogP contribution < -0.4 is 10.1 Å². The van der Waals surface area contributed by atoms with Gasteiger partial charge >= 0.3 is 6.03 Å². The monoisotopic (exact) mass is 479 g/mol. The number of benzene rings is 2. The van der Waals surface area contributed by atoms with Crippen LogP contribution in [0.2, 0.25) is 5.02 Å². The first-order valence-electron chi connectivity index (χ1n) is 8.50. The number of nitrogens with one attached hydrogen (secondary N) is 1. The Hall–Kier alpha value is -2.91. The van der Waals surface area contributed by atoms with E-state index in [1.54, 1.807) is 31.2 Å². The number of urea groups is 1. The minimum Gasteiger partial charge on any atom is -0.486 e. The van der Waals surface area contributed by atoms with Gasteiger partial charge in [0, 0.05) is 18.7 Å². The fraction of sp³-hybridized carbons (Fsp3) is 0.158. The van der Waals surface area contributed by atoms with Crippen LogP contribution in [0.15, 0.2) is 46.6 Å². The van der Waals surface area contributed by atoms with Crippen LogP contribution in [0.4, 0.5) is 10.5 Å². The lowest BCUT2D eigenvalue weighted by molar-refractivity contribution is -0.384. The minimum absolute atomic E-state index is 0.000502. The Kier molecular flexibility index (Phi) is 6.19. The van der Waals surface area contributed by atoms with E-state index in [2.05, 4.69) is 21.2 Å².